The maximum absolute atomic E-state index is 13.8. The SMILES string of the molecule is C.COc1cccc(C(=O)Nc2n[nH]c3c2CN(C(=O)N2CCN(CC4CCOCC4)C[C@@H]2C)C3(C)C)n1. The predicted molar refractivity (Wildman–Crippen MR) is 144 cm³/mol. The molecule has 1 atom stereocenters. The zero-order chi connectivity index (χ0) is 26.2. The van der Waals surface area contributed by atoms with E-state index in [4.69, 9.17) is 9.47 Å². The first-order valence-electron chi connectivity index (χ1n) is 13.1. The number of rotatable bonds is 5. The number of H-pyrrole nitrogens is 1. The molecule has 2 N–H and O–H groups in total. The average Bonchev–Trinajstić information content (AvgIpc) is 3.42. The minimum Gasteiger partial charge on any atom is -0.481 e. The van der Waals surface area contributed by atoms with E-state index in [1.165, 1.54) is 7.11 Å². The summed E-state index contributed by atoms with van der Waals surface area (Å²) in [4.78, 5) is 37.2. The van der Waals surface area contributed by atoms with E-state index in [0.29, 0.717) is 30.7 Å². The van der Waals surface area contributed by atoms with Gasteiger partial charge in [0.05, 0.1) is 24.9 Å². The van der Waals surface area contributed by atoms with Gasteiger partial charge >= 0.3 is 6.03 Å². The van der Waals surface area contributed by atoms with Gasteiger partial charge in [-0.2, -0.15) is 5.10 Å². The van der Waals surface area contributed by atoms with E-state index in [-0.39, 0.29) is 31.1 Å². The Kier molecular flexibility index (Phi) is 8.27. The zero-order valence-electron chi connectivity index (χ0n) is 22.1. The van der Waals surface area contributed by atoms with E-state index in [2.05, 4.69) is 32.3 Å². The minimum atomic E-state index is -0.588. The van der Waals surface area contributed by atoms with E-state index in [1.54, 1.807) is 18.2 Å². The van der Waals surface area contributed by atoms with E-state index < -0.39 is 5.54 Å². The molecule has 5 rings (SSSR count). The van der Waals surface area contributed by atoms with Crippen LogP contribution in [-0.2, 0) is 16.8 Å². The Morgan fingerprint density at radius 1 is 1.24 bits per heavy atom. The van der Waals surface area contributed by atoms with Crippen molar-refractivity contribution in [1.29, 1.82) is 0 Å². The van der Waals surface area contributed by atoms with Crippen molar-refractivity contribution in [2.45, 2.75) is 59.2 Å². The van der Waals surface area contributed by atoms with Crippen molar-refractivity contribution in [1.82, 2.24) is 29.9 Å². The lowest BCUT2D eigenvalue weighted by molar-refractivity contribution is 0.0290. The lowest BCUT2D eigenvalue weighted by atomic mass is 9.99. The molecule has 0 spiro atoms. The van der Waals surface area contributed by atoms with Gasteiger partial charge in [-0.15, -0.1) is 0 Å². The number of amides is 3. The quantitative estimate of drug-likeness (QED) is 0.613. The molecule has 5 heterocycles. The molecule has 0 saturated carbocycles. The summed E-state index contributed by atoms with van der Waals surface area (Å²) in [7, 11) is 1.51. The Balaban J connectivity index is 0.00000336. The van der Waals surface area contributed by atoms with Gasteiger partial charge in [-0.1, -0.05) is 13.5 Å². The van der Waals surface area contributed by atoms with Crippen LogP contribution in [0.2, 0.25) is 0 Å². The van der Waals surface area contributed by atoms with Crippen LogP contribution in [0, 0.1) is 5.92 Å². The second-order valence-electron chi connectivity index (χ2n) is 10.7. The Morgan fingerprint density at radius 3 is 2.71 bits per heavy atom. The highest BCUT2D eigenvalue weighted by Crippen LogP contribution is 2.41. The summed E-state index contributed by atoms with van der Waals surface area (Å²) >= 11 is 0. The number of hydrogen-bond acceptors (Lipinski definition) is 7. The van der Waals surface area contributed by atoms with Gasteiger partial charge in [-0.3, -0.25) is 14.8 Å². The highest BCUT2D eigenvalue weighted by molar-refractivity contribution is 6.03. The lowest BCUT2D eigenvalue weighted by Gasteiger charge is -2.44. The van der Waals surface area contributed by atoms with Gasteiger partial charge in [0.25, 0.3) is 5.91 Å². The summed E-state index contributed by atoms with van der Waals surface area (Å²) in [6.07, 6.45) is 2.24. The molecule has 0 aliphatic carbocycles. The maximum Gasteiger partial charge on any atom is 0.321 e. The molecule has 0 radical (unpaired) electrons. The zero-order valence-corrected chi connectivity index (χ0v) is 22.1. The van der Waals surface area contributed by atoms with Crippen molar-refractivity contribution in [3.63, 3.8) is 0 Å². The average molecular weight is 528 g/mol. The fraction of sp³-hybridized carbons (Fsp3) is 0.630. The smallest absolute Gasteiger partial charge is 0.321 e. The van der Waals surface area contributed by atoms with E-state index in [1.807, 2.05) is 23.6 Å². The number of nitrogens with one attached hydrogen (secondary N) is 2. The Bertz CT molecular complexity index is 1140. The van der Waals surface area contributed by atoms with E-state index in [0.717, 1.165) is 56.9 Å². The first-order chi connectivity index (χ1) is 17.8. The highest BCUT2D eigenvalue weighted by Gasteiger charge is 2.46. The number of ether oxygens (including phenoxy) is 2. The third kappa shape index (κ3) is 5.35. The minimum absolute atomic E-state index is 0. The molecular formula is C27H41N7O4. The van der Waals surface area contributed by atoms with Crippen LogP contribution < -0.4 is 10.1 Å². The number of methoxy groups -OCH3 is 1. The van der Waals surface area contributed by atoms with Gasteiger partial charge in [0.15, 0.2) is 5.82 Å². The molecule has 11 heteroatoms. The fourth-order valence-corrected chi connectivity index (χ4v) is 5.68. The van der Waals surface area contributed by atoms with Crippen LogP contribution in [0.1, 0.15) is 62.8 Å². The molecule has 0 unspecified atom stereocenters. The third-order valence-corrected chi connectivity index (χ3v) is 7.91. The normalized spacial score (nSPS) is 21.5. The molecule has 2 aromatic rings. The van der Waals surface area contributed by atoms with Crippen molar-refractivity contribution in [2.75, 3.05) is 51.8 Å². The Labute approximate surface area is 224 Å². The molecule has 2 saturated heterocycles. The fourth-order valence-electron chi connectivity index (χ4n) is 5.68. The van der Waals surface area contributed by atoms with Gasteiger partial charge in [0, 0.05) is 57.1 Å². The molecule has 0 bridgehead atoms. The molecule has 0 aromatic carbocycles. The second kappa shape index (κ2) is 11.3. The number of nitrogens with zero attached hydrogens (tertiary/aromatic N) is 5. The number of urea groups is 1. The van der Waals surface area contributed by atoms with Gasteiger partial charge in [-0.05, 0) is 45.6 Å². The van der Waals surface area contributed by atoms with Gasteiger partial charge < -0.3 is 24.6 Å². The summed E-state index contributed by atoms with van der Waals surface area (Å²) in [5.74, 6) is 1.08. The van der Waals surface area contributed by atoms with Crippen molar-refractivity contribution in [2.24, 2.45) is 5.92 Å². The standard InChI is InChI=1S/C26H37N7O4.CH4/c1-17-14-31(15-18-8-12-37-13-9-18)10-11-32(17)25(35)33-16-19-22(26(33,2)3)29-30-23(19)28-24(34)20-6-5-7-21(27-20)36-4;/h5-7,17-18H,8-16H2,1-4H3,(H2,28,29,30,34);1H4/t17-;/m0./s1. The molecule has 2 aromatic heterocycles. The monoisotopic (exact) mass is 527 g/mol. The first kappa shape index (κ1) is 27.8. The van der Waals surface area contributed by atoms with Crippen LogP contribution in [0.3, 0.4) is 0 Å². The number of pyridine rings is 1. The number of fused-ring (bicyclic) bond motifs is 1. The molecule has 3 amide bonds. The maximum atomic E-state index is 13.8. The van der Waals surface area contributed by atoms with Crippen molar-refractivity contribution >= 4 is 17.8 Å². The Hall–Kier alpha value is -3.18. The van der Waals surface area contributed by atoms with Crippen molar-refractivity contribution in [3.8, 4) is 5.88 Å². The summed E-state index contributed by atoms with van der Waals surface area (Å²) in [5, 5.41) is 10.3. The van der Waals surface area contributed by atoms with Crippen LogP contribution >= 0.6 is 0 Å². The van der Waals surface area contributed by atoms with Crippen LogP contribution in [0.25, 0.3) is 0 Å². The molecule has 3 aliphatic rings. The third-order valence-electron chi connectivity index (χ3n) is 7.91. The second-order valence-corrected chi connectivity index (χ2v) is 10.7. The van der Waals surface area contributed by atoms with E-state index >= 15 is 0 Å². The summed E-state index contributed by atoms with van der Waals surface area (Å²) in [6.45, 7) is 11.8. The number of hydrogen-bond donors (Lipinski definition) is 2. The highest BCUT2D eigenvalue weighted by atomic mass is 16.5. The topological polar surface area (TPSA) is 116 Å². The number of aromatic nitrogens is 3. The first-order valence-corrected chi connectivity index (χ1v) is 13.1. The summed E-state index contributed by atoms with van der Waals surface area (Å²) in [6, 6.07) is 5.14. The van der Waals surface area contributed by atoms with Gasteiger partial charge in [0.1, 0.15) is 5.69 Å². The van der Waals surface area contributed by atoms with Gasteiger partial charge in [-0.25, -0.2) is 9.78 Å². The molecular weight excluding hydrogens is 486 g/mol. The van der Waals surface area contributed by atoms with Crippen molar-refractivity contribution < 1.29 is 19.1 Å². The van der Waals surface area contributed by atoms with Gasteiger partial charge in [0.2, 0.25) is 5.88 Å². The number of aromatic amines is 1. The van der Waals surface area contributed by atoms with Crippen LogP contribution in [-0.4, -0.2) is 94.4 Å². The molecule has 2 fully saturated rings. The summed E-state index contributed by atoms with van der Waals surface area (Å²) < 4.78 is 10.6. The predicted octanol–water partition coefficient (Wildman–Crippen LogP) is 3.31. The Morgan fingerprint density at radius 2 is 2.00 bits per heavy atom. The largest absolute Gasteiger partial charge is 0.481 e. The van der Waals surface area contributed by atoms with Crippen molar-refractivity contribution in [3.05, 3.63) is 35.2 Å². The van der Waals surface area contributed by atoms with Crippen LogP contribution in [0.15, 0.2) is 18.2 Å². The molecule has 208 valence electrons. The lowest BCUT2D eigenvalue weighted by Crippen LogP contribution is -2.59. The van der Waals surface area contributed by atoms with E-state index in [9.17, 15) is 9.59 Å². The number of piperazine rings is 1. The molecule has 3 aliphatic heterocycles. The van der Waals surface area contributed by atoms with Crippen LogP contribution in [0.4, 0.5) is 10.6 Å². The van der Waals surface area contributed by atoms with Crippen LogP contribution in [0.5, 0.6) is 5.88 Å². The number of carbonyl (C=O) groups is 2. The number of carbonyl (C=O) groups excluding carboxylic acids is 2. The molecule has 11 nitrogen and oxygen atoms in total. The summed E-state index contributed by atoms with van der Waals surface area (Å²) in [5.41, 5.74) is 1.30. The molecule has 38 heavy (non-hydrogen) atoms. The number of anilines is 1.